The maximum absolute atomic E-state index is 16.1. The van der Waals surface area contributed by atoms with Crippen molar-refractivity contribution in [3.05, 3.63) is 126 Å². The molecule has 2 heterocycles. The highest BCUT2D eigenvalue weighted by Crippen LogP contribution is 2.49. The monoisotopic (exact) mass is 746 g/mol. The van der Waals surface area contributed by atoms with Crippen molar-refractivity contribution < 1.29 is 37.4 Å². The third-order valence-electron chi connectivity index (χ3n) is 9.41. The minimum atomic E-state index is -1.43. The van der Waals surface area contributed by atoms with E-state index in [1.165, 1.54) is 42.6 Å². The maximum atomic E-state index is 16.1. The van der Waals surface area contributed by atoms with Gasteiger partial charge in [0.15, 0.2) is 17.2 Å². The number of hydrogen-bond acceptors (Lipinski definition) is 8. The number of rotatable bonds is 14. The van der Waals surface area contributed by atoms with Crippen LogP contribution in [-0.4, -0.2) is 59.9 Å². The molecular weight excluding hydrogens is 710 g/mol. The minimum absolute atomic E-state index is 0.0909. The van der Waals surface area contributed by atoms with E-state index in [1.807, 2.05) is 24.3 Å². The van der Waals surface area contributed by atoms with Crippen LogP contribution < -0.4 is 25.4 Å². The number of nitrogens with one attached hydrogen (secondary N) is 1. The van der Waals surface area contributed by atoms with Crippen LogP contribution in [0.4, 0.5) is 20.2 Å². The van der Waals surface area contributed by atoms with Gasteiger partial charge in [-0.15, -0.1) is 0 Å². The molecule has 280 valence electrons. The second kappa shape index (κ2) is 15.4. The summed E-state index contributed by atoms with van der Waals surface area (Å²) in [5.74, 6) is -2.25. The largest absolute Gasteiger partial charge is 0.497 e. The van der Waals surface area contributed by atoms with Crippen LogP contribution in [0.2, 0.25) is 0 Å². The molecule has 1 aliphatic rings. The van der Waals surface area contributed by atoms with Crippen LogP contribution in [0.3, 0.4) is 0 Å². The molecule has 7 rings (SSSR count). The van der Waals surface area contributed by atoms with Crippen molar-refractivity contribution in [2.45, 2.75) is 19.4 Å². The smallest absolute Gasteiger partial charge is 0.251 e. The molecule has 0 atom stereocenters. The average Bonchev–Trinajstić information content (AvgIpc) is 3.94. The predicted octanol–water partition coefficient (Wildman–Crippen LogP) is 6.53. The summed E-state index contributed by atoms with van der Waals surface area (Å²) in [4.78, 5) is 44.6. The van der Waals surface area contributed by atoms with Gasteiger partial charge >= 0.3 is 0 Å². The lowest BCUT2D eigenvalue weighted by molar-refractivity contribution is -0.133. The topological polar surface area (TPSA) is 151 Å². The van der Waals surface area contributed by atoms with Gasteiger partial charge in [0.05, 0.1) is 31.3 Å². The molecule has 14 heteroatoms. The molecule has 0 aliphatic heterocycles. The Morgan fingerprint density at radius 3 is 2.24 bits per heavy atom. The molecule has 0 spiro atoms. The number of nitrogens with zero attached hydrogens (tertiary/aromatic N) is 4. The van der Waals surface area contributed by atoms with Crippen molar-refractivity contribution in [1.29, 1.82) is 0 Å². The van der Waals surface area contributed by atoms with E-state index in [4.69, 9.17) is 25.0 Å². The Morgan fingerprint density at radius 1 is 0.891 bits per heavy atom. The summed E-state index contributed by atoms with van der Waals surface area (Å²) in [5, 5.41) is 8.20. The van der Waals surface area contributed by atoms with Crippen LogP contribution >= 0.6 is 0 Å². The zero-order valence-electron chi connectivity index (χ0n) is 29.9. The minimum Gasteiger partial charge on any atom is -0.497 e. The number of benzene rings is 4. The highest BCUT2D eigenvalue weighted by Gasteiger charge is 2.57. The molecule has 6 aromatic rings. The maximum Gasteiger partial charge on any atom is 0.251 e. The van der Waals surface area contributed by atoms with Crippen LogP contribution in [0.1, 0.15) is 28.8 Å². The van der Waals surface area contributed by atoms with E-state index in [0.29, 0.717) is 53.3 Å². The quantitative estimate of drug-likeness (QED) is 0.0944. The Balaban J connectivity index is 1.26. The van der Waals surface area contributed by atoms with Gasteiger partial charge in [-0.05, 0) is 85.1 Å². The lowest BCUT2D eigenvalue weighted by Gasteiger charge is -2.26. The highest BCUT2D eigenvalue weighted by molar-refractivity contribution is 6.16. The number of halogens is 2. The van der Waals surface area contributed by atoms with Gasteiger partial charge in [-0.3, -0.25) is 19.3 Å². The first-order valence-corrected chi connectivity index (χ1v) is 17.4. The number of fused-ring (bicyclic) bond motifs is 1. The first-order valence-electron chi connectivity index (χ1n) is 17.4. The van der Waals surface area contributed by atoms with E-state index in [9.17, 15) is 18.8 Å². The molecule has 0 bridgehead atoms. The zero-order valence-corrected chi connectivity index (χ0v) is 29.9. The fourth-order valence-electron chi connectivity index (χ4n) is 6.23. The Bertz CT molecular complexity index is 2380. The normalized spacial score (nSPS) is 12.9. The molecule has 2 aromatic heterocycles. The molecule has 55 heavy (non-hydrogen) atoms. The van der Waals surface area contributed by atoms with Crippen molar-refractivity contribution in [3.8, 4) is 28.5 Å². The molecule has 3 amide bonds. The number of nitrogens with two attached hydrogens (primary N) is 1. The predicted molar refractivity (Wildman–Crippen MR) is 200 cm³/mol. The van der Waals surface area contributed by atoms with Crippen LogP contribution in [-0.2, 0) is 20.9 Å². The molecule has 12 nitrogen and oxygen atoms in total. The number of aromatic nitrogens is 3. The molecular formula is C41H36F2N6O6. The van der Waals surface area contributed by atoms with E-state index >= 15 is 4.39 Å². The van der Waals surface area contributed by atoms with Crippen LogP contribution in [0.15, 0.2) is 103 Å². The molecule has 0 unspecified atom stereocenters. The summed E-state index contributed by atoms with van der Waals surface area (Å²) >= 11 is 0. The fraction of sp³-hybridized carbons (Fsp3) is 0.195. The second-order valence-electron chi connectivity index (χ2n) is 13.0. The van der Waals surface area contributed by atoms with Crippen LogP contribution in [0.5, 0.6) is 17.2 Å². The third-order valence-corrected chi connectivity index (χ3v) is 9.41. The number of ether oxygens (including phenoxy) is 3. The fourth-order valence-corrected chi connectivity index (χ4v) is 6.23. The Morgan fingerprint density at radius 2 is 1.60 bits per heavy atom. The lowest BCUT2D eigenvalue weighted by Crippen LogP contribution is -2.41. The molecule has 4 aromatic carbocycles. The van der Waals surface area contributed by atoms with Gasteiger partial charge in [0.2, 0.25) is 11.8 Å². The summed E-state index contributed by atoms with van der Waals surface area (Å²) in [6.45, 7) is 1.07. The standard InChI is InChI=1S/C41H36F2N6O6/c1-53-22-21-46-38(50)27-7-5-26(6-8-27)36-35-34(17-20-45-37(35)48(47-36)24-25-3-14-31(54-2)15-4-25)55-33-16-13-30(23-32(33)43)49(29-11-9-28(42)10-12-29)40(52)41(18-19-41)39(44)51/h3-17,20,23H,18-19,21-22,24H2,1-2H3,(H2,44,51)(H,46,50). The van der Waals surface area contributed by atoms with E-state index < -0.39 is 28.9 Å². The number of carbonyl (C=O) groups excluding carboxylic acids is 3. The van der Waals surface area contributed by atoms with Gasteiger partial charge in [-0.2, -0.15) is 5.10 Å². The molecule has 1 fully saturated rings. The molecule has 1 aliphatic carbocycles. The first-order chi connectivity index (χ1) is 26.6. The molecule has 0 saturated heterocycles. The van der Waals surface area contributed by atoms with Crippen molar-refractivity contribution in [3.63, 3.8) is 0 Å². The number of carbonyl (C=O) groups is 3. The molecule has 3 N–H and O–H groups in total. The summed E-state index contributed by atoms with van der Waals surface area (Å²) < 4.78 is 48.2. The number of amides is 3. The third kappa shape index (κ3) is 7.44. The lowest BCUT2D eigenvalue weighted by atomic mass is 10.0. The highest BCUT2D eigenvalue weighted by atomic mass is 19.1. The van der Waals surface area contributed by atoms with E-state index in [0.717, 1.165) is 16.5 Å². The van der Waals surface area contributed by atoms with Gasteiger partial charge < -0.3 is 25.3 Å². The Labute approximate surface area is 314 Å². The van der Waals surface area contributed by atoms with Gasteiger partial charge in [-0.25, -0.2) is 18.4 Å². The summed E-state index contributed by atoms with van der Waals surface area (Å²) in [6, 6.07) is 25.0. The first kappa shape index (κ1) is 36.7. The van der Waals surface area contributed by atoms with Crippen molar-refractivity contribution in [2.75, 3.05) is 32.3 Å². The number of pyridine rings is 1. The number of primary amides is 1. The van der Waals surface area contributed by atoms with E-state index in [-0.39, 0.29) is 41.6 Å². The van der Waals surface area contributed by atoms with Crippen molar-refractivity contribution in [2.24, 2.45) is 11.1 Å². The van der Waals surface area contributed by atoms with E-state index in [2.05, 4.69) is 10.3 Å². The van der Waals surface area contributed by atoms with Gasteiger partial charge in [0.25, 0.3) is 5.91 Å². The van der Waals surface area contributed by atoms with Gasteiger partial charge in [0.1, 0.15) is 28.4 Å². The molecule has 0 radical (unpaired) electrons. The summed E-state index contributed by atoms with van der Waals surface area (Å²) in [5.41, 5.74) is 7.44. The van der Waals surface area contributed by atoms with E-state index in [1.54, 1.807) is 49.2 Å². The SMILES string of the molecule is COCCNC(=O)c1ccc(-c2nn(Cc3ccc(OC)cc3)c3nccc(Oc4ccc(N(C(=O)C5(C(N)=O)CC5)c5ccc(F)cc5)cc4F)c23)cc1. The average molecular weight is 747 g/mol. The Kier molecular flexibility index (Phi) is 10.2. The van der Waals surface area contributed by atoms with Gasteiger partial charge in [0, 0.05) is 42.7 Å². The summed E-state index contributed by atoms with van der Waals surface area (Å²) in [6.07, 6.45) is 2.03. The van der Waals surface area contributed by atoms with Crippen molar-refractivity contribution >= 4 is 40.1 Å². The van der Waals surface area contributed by atoms with Gasteiger partial charge in [-0.1, -0.05) is 24.3 Å². The zero-order chi connectivity index (χ0) is 38.7. The summed E-state index contributed by atoms with van der Waals surface area (Å²) in [7, 11) is 3.14. The second-order valence-corrected chi connectivity index (χ2v) is 13.0. The Hall–Kier alpha value is -6.67. The molecule has 1 saturated carbocycles. The number of anilines is 2. The van der Waals surface area contributed by atoms with Crippen LogP contribution in [0, 0.1) is 17.0 Å². The van der Waals surface area contributed by atoms with Crippen LogP contribution in [0.25, 0.3) is 22.3 Å². The number of hydrogen-bond donors (Lipinski definition) is 2. The number of methoxy groups -OCH3 is 2. The van der Waals surface area contributed by atoms with Crippen molar-refractivity contribution in [1.82, 2.24) is 20.1 Å².